The second-order valence-corrected chi connectivity index (χ2v) is 6.07. The third-order valence-electron chi connectivity index (χ3n) is 4.81. The lowest BCUT2D eigenvalue weighted by Crippen LogP contribution is -2.41. The minimum atomic E-state index is -0.154. The fraction of sp³-hybridized carbons (Fsp3) is 0.647. The van der Waals surface area contributed by atoms with Crippen molar-refractivity contribution in [1.29, 1.82) is 0 Å². The molecule has 3 atom stereocenters. The largest absolute Gasteiger partial charge is 0.391 e. The fourth-order valence-electron chi connectivity index (χ4n) is 3.87. The molecule has 1 aliphatic heterocycles. The van der Waals surface area contributed by atoms with Gasteiger partial charge in [-0.2, -0.15) is 0 Å². The zero-order chi connectivity index (χ0) is 13.9. The third kappa shape index (κ3) is 2.57. The van der Waals surface area contributed by atoms with Crippen LogP contribution in [0.25, 0.3) is 0 Å². The van der Waals surface area contributed by atoms with E-state index in [0.717, 1.165) is 32.4 Å². The molecule has 110 valence electrons. The summed E-state index contributed by atoms with van der Waals surface area (Å²) in [5, 5.41) is 13.9. The number of rotatable bonds is 3. The van der Waals surface area contributed by atoms with Gasteiger partial charge in [0.2, 0.25) is 0 Å². The van der Waals surface area contributed by atoms with Crippen molar-refractivity contribution in [3.05, 3.63) is 29.8 Å². The average Bonchev–Trinajstić information content (AvgIpc) is 2.80. The molecule has 0 saturated heterocycles. The van der Waals surface area contributed by atoms with Crippen molar-refractivity contribution < 1.29 is 5.11 Å². The molecule has 0 bridgehead atoms. The van der Waals surface area contributed by atoms with Crippen molar-refractivity contribution in [2.24, 2.45) is 0 Å². The number of aliphatic hydroxyl groups is 1. The second-order valence-electron chi connectivity index (χ2n) is 6.07. The Balaban J connectivity index is 1.93. The van der Waals surface area contributed by atoms with E-state index in [-0.39, 0.29) is 6.10 Å². The van der Waals surface area contributed by atoms with Crippen molar-refractivity contribution in [2.75, 3.05) is 18.0 Å². The molecule has 1 saturated carbocycles. The first kappa shape index (κ1) is 13.9. The molecule has 1 aromatic carbocycles. The summed E-state index contributed by atoms with van der Waals surface area (Å²) in [5.41, 5.74) is 2.74. The molecule has 0 amide bonds. The van der Waals surface area contributed by atoms with E-state index in [4.69, 9.17) is 0 Å². The number of fused-ring (bicyclic) bond motifs is 1. The van der Waals surface area contributed by atoms with Gasteiger partial charge in [0.05, 0.1) is 12.1 Å². The van der Waals surface area contributed by atoms with Crippen molar-refractivity contribution in [2.45, 2.75) is 57.2 Å². The van der Waals surface area contributed by atoms with Gasteiger partial charge in [0, 0.05) is 18.3 Å². The normalized spacial score (nSPS) is 30.1. The maximum absolute atomic E-state index is 10.3. The van der Waals surface area contributed by atoms with Crippen LogP contribution in [0, 0.1) is 0 Å². The minimum absolute atomic E-state index is 0.154. The summed E-state index contributed by atoms with van der Waals surface area (Å²) in [7, 11) is 0. The highest BCUT2D eigenvalue weighted by Crippen LogP contribution is 2.37. The SMILES string of the molecule is CCNC1CCCN(C2CCCC2O)c2ccccc21. The Morgan fingerprint density at radius 1 is 1.20 bits per heavy atom. The number of benzene rings is 1. The van der Waals surface area contributed by atoms with E-state index in [1.807, 2.05) is 0 Å². The molecule has 3 nitrogen and oxygen atoms in total. The topological polar surface area (TPSA) is 35.5 Å². The van der Waals surface area contributed by atoms with Gasteiger partial charge in [0.25, 0.3) is 0 Å². The number of aliphatic hydroxyl groups excluding tert-OH is 1. The van der Waals surface area contributed by atoms with Gasteiger partial charge in [-0.15, -0.1) is 0 Å². The Kier molecular flexibility index (Phi) is 4.27. The molecule has 1 aliphatic carbocycles. The van der Waals surface area contributed by atoms with Gasteiger partial charge in [0.15, 0.2) is 0 Å². The lowest BCUT2D eigenvalue weighted by atomic mass is 10.0. The molecule has 0 aromatic heterocycles. The van der Waals surface area contributed by atoms with Crippen LogP contribution in [0.5, 0.6) is 0 Å². The van der Waals surface area contributed by atoms with Crippen LogP contribution in [0.4, 0.5) is 5.69 Å². The van der Waals surface area contributed by atoms with Crippen LogP contribution in [0.15, 0.2) is 24.3 Å². The van der Waals surface area contributed by atoms with Gasteiger partial charge in [-0.1, -0.05) is 25.1 Å². The van der Waals surface area contributed by atoms with E-state index in [1.165, 1.54) is 24.1 Å². The first-order valence-electron chi connectivity index (χ1n) is 8.08. The van der Waals surface area contributed by atoms with Crippen LogP contribution < -0.4 is 10.2 Å². The monoisotopic (exact) mass is 274 g/mol. The molecule has 3 rings (SSSR count). The Hall–Kier alpha value is -1.06. The maximum Gasteiger partial charge on any atom is 0.0743 e. The molecule has 2 aliphatic rings. The van der Waals surface area contributed by atoms with Crippen molar-refractivity contribution in [3.63, 3.8) is 0 Å². The smallest absolute Gasteiger partial charge is 0.0743 e. The molecule has 20 heavy (non-hydrogen) atoms. The van der Waals surface area contributed by atoms with Crippen LogP contribution in [0.2, 0.25) is 0 Å². The first-order chi connectivity index (χ1) is 9.81. The Labute approximate surface area is 122 Å². The summed E-state index contributed by atoms with van der Waals surface area (Å²) in [5.74, 6) is 0. The molecule has 3 heteroatoms. The van der Waals surface area contributed by atoms with Crippen LogP contribution >= 0.6 is 0 Å². The number of anilines is 1. The number of para-hydroxylation sites is 1. The summed E-state index contributed by atoms with van der Waals surface area (Å²) >= 11 is 0. The molecular weight excluding hydrogens is 248 g/mol. The van der Waals surface area contributed by atoms with Crippen molar-refractivity contribution in [1.82, 2.24) is 5.32 Å². The van der Waals surface area contributed by atoms with E-state index in [0.29, 0.717) is 12.1 Å². The number of hydrogen-bond donors (Lipinski definition) is 2. The fourth-order valence-corrected chi connectivity index (χ4v) is 3.87. The highest BCUT2D eigenvalue weighted by molar-refractivity contribution is 5.57. The highest BCUT2D eigenvalue weighted by atomic mass is 16.3. The van der Waals surface area contributed by atoms with Crippen molar-refractivity contribution >= 4 is 5.69 Å². The molecule has 0 radical (unpaired) electrons. The van der Waals surface area contributed by atoms with E-state index >= 15 is 0 Å². The molecular formula is C17H26N2O. The van der Waals surface area contributed by atoms with Gasteiger partial charge in [0.1, 0.15) is 0 Å². The molecule has 1 fully saturated rings. The summed E-state index contributed by atoms with van der Waals surface area (Å²) in [4.78, 5) is 2.48. The number of nitrogens with zero attached hydrogens (tertiary/aromatic N) is 1. The minimum Gasteiger partial charge on any atom is -0.391 e. The molecule has 3 unspecified atom stereocenters. The van der Waals surface area contributed by atoms with Crippen molar-refractivity contribution in [3.8, 4) is 0 Å². The van der Waals surface area contributed by atoms with Gasteiger partial charge < -0.3 is 15.3 Å². The van der Waals surface area contributed by atoms with Gasteiger partial charge in [-0.05, 0) is 50.3 Å². The number of nitrogens with one attached hydrogen (secondary N) is 1. The summed E-state index contributed by atoms with van der Waals surface area (Å²) in [6, 6.07) is 9.52. The van der Waals surface area contributed by atoms with Crippen LogP contribution in [0.3, 0.4) is 0 Å². The predicted molar refractivity (Wildman–Crippen MR) is 83.1 cm³/mol. The van der Waals surface area contributed by atoms with Gasteiger partial charge in [-0.25, -0.2) is 0 Å². The third-order valence-corrected chi connectivity index (χ3v) is 4.81. The number of hydrogen-bond acceptors (Lipinski definition) is 3. The lowest BCUT2D eigenvalue weighted by Gasteiger charge is -2.33. The highest BCUT2D eigenvalue weighted by Gasteiger charge is 2.33. The van der Waals surface area contributed by atoms with Gasteiger partial charge in [-0.3, -0.25) is 0 Å². The standard InChI is InChI=1S/C17H26N2O/c1-2-18-14-8-6-12-19(16-10-5-11-17(16)20)15-9-4-3-7-13(14)15/h3-4,7,9,14,16-18,20H,2,5-6,8,10-12H2,1H3. The Morgan fingerprint density at radius 2 is 2.05 bits per heavy atom. The Bertz CT molecular complexity index is 448. The first-order valence-corrected chi connectivity index (χ1v) is 8.08. The quantitative estimate of drug-likeness (QED) is 0.889. The zero-order valence-electron chi connectivity index (χ0n) is 12.4. The summed E-state index contributed by atoms with van der Waals surface area (Å²) in [6.07, 6.45) is 5.46. The molecule has 2 N–H and O–H groups in total. The van der Waals surface area contributed by atoms with Crippen LogP contribution in [-0.2, 0) is 0 Å². The zero-order valence-corrected chi connectivity index (χ0v) is 12.4. The van der Waals surface area contributed by atoms with Crippen LogP contribution in [-0.4, -0.2) is 30.3 Å². The summed E-state index contributed by atoms with van der Waals surface area (Å²) < 4.78 is 0. The van der Waals surface area contributed by atoms with E-state index in [2.05, 4.69) is 41.4 Å². The molecule has 1 heterocycles. The van der Waals surface area contributed by atoms with Crippen LogP contribution in [0.1, 0.15) is 50.6 Å². The Morgan fingerprint density at radius 3 is 2.80 bits per heavy atom. The van der Waals surface area contributed by atoms with E-state index in [1.54, 1.807) is 0 Å². The molecule has 0 spiro atoms. The van der Waals surface area contributed by atoms with E-state index < -0.39 is 0 Å². The molecule has 1 aromatic rings. The average molecular weight is 274 g/mol. The summed E-state index contributed by atoms with van der Waals surface area (Å²) in [6.45, 7) is 4.25. The predicted octanol–water partition coefficient (Wildman–Crippen LogP) is 2.85. The van der Waals surface area contributed by atoms with E-state index in [9.17, 15) is 5.11 Å². The van der Waals surface area contributed by atoms with Gasteiger partial charge >= 0.3 is 0 Å². The maximum atomic E-state index is 10.3. The second kappa shape index (κ2) is 6.15. The lowest BCUT2D eigenvalue weighted by molar-refractivity contribution is 0.161.